The number of para-hydroxylation sites is 1. The average Bonchev–Trinajstić information content (AvgIpc) is 2.28. The summed E-state index contributed by atoms with van der Waals surface area (Å²) in [4.78, 5) is 10.7. The Balaban J connectivity index is 2.88. The molecular formula is C13H20N2O3. The summed E-state index contributed by atoms with van der Waals surface area (Å²) >= 11 is 0. The van der Waals surface area contributed by atoms with Gasteiger partial charge >= 0.3 is 5.69 Å². The van der Waals surface area contributed by atoms with E-state index in [1.54, 1.807) is 18.2 Å². The number of ether oxygens (including phenoxy) is 1. The molecule has 0 spiro atoms. The lowest BCUT2D eigenvalue weighted by Gasteiger charge is -2.11. The van der Waals surface area contributed by atoms with E-state index in [0.29, 0.717) is 30.5 Å². The molecule has 0 aliphatic heterocycles. The molecule has 100 valence electrons. The van der Waals surface area contributed by atoms with Crippen molar-refractivity contribution < 1.29 is 9.66 Å². The van der Waals surface area contributed by atoms with Crippen molar-refractivity contribution in [1.82, 2.24) is 0 Å². The second kappa shape index (κ2) is 6.83. The molecule has 0 aromatic heterocycles. The first kappa shape index (κ1) is 14.3. The minimum absolute atomic E-state index is 0.0168. The number of hydrogen-bond acceptors (Lipinski definition) is 4. The lowest BCUT2D eigenvalue weighted by atomic mass is 10.1. The third kappa shape index (κ3) is 3.91. The molecule has 0 amide bonds. The SMILES string of the molecule is CCOc1cccc(NCCC(C)C)c1[N+](=O)[O-]. The van der Waals surface area contributed by atoms with Crippen molar-refractivity contribution in [2.45, 2.75) is 27.2 Å². The first-order chi connectivity index (χ1) is 8.56. The largest absolute Gasteiger partial charge is 0.487 e. The molecule has 0 aliphatic carbocycles. The van der Waals surface area contributed by atoms with E-state index in [4.69, 9.17) is 4.74 Å². The van der Waals surface area contributed by atoms with E-state index in [9.17, 15) is 10.1 Å². The Morgan fingerprint density at radius 3 is 2.72 bits per heavy atom. The van der Waals surface area contributed by atoms with Crippen molar-refractivity contribution >= 4 is 11.4 Å². The molecule has 1 N–H and O–H groups in total. The van der Waals surface area contributed by atoms with E-state index in [2.05, 4.69) is 19.2 Å². The highest BCUT2D eigenvalue weighted by atomic mass is 16.6. The lowest BCUT2D eigenvalue weighted by Crippen LogP contribution is -2.07. The van der Waals surface area contributed by atoms with Gasteiger partial charge < -0.3 is 10.1 Å². The van der Waals surface area contributed by atoms with Crippen molar-refractivity contribution in [3.8, 4) is 5.75 Å². The van der Waals surface area contributed by atoms with Gasteiger partial charge in [-0.3, -0.25) is 10.1 Å². The van der Waals surface area contributed by atoms with Crippen molar-refractivity contribution in [2.24, 2.45) is 5.92 Å². The van der Waals surface area contributed by atoms with Gasteiger partial charge in [-0.2, -0.15) is 0 Å². The summed E-state index contributed by atoms with van der Waals surface area (Å²) in [5.41, 5.74) is 0.537. The van der Waals surface area contributed by atoms with Crippen LogP contribution in [0.25, 0.3) is 0 Å². The molecule has 0 radical (unpaired) electrons. The van der Waals surface area contributed by atoms with Crippen LogP contribution in [0.4, 0.5) is 11.4 Å². The fourth-order valence-electron chi connectivity index (χ4n) is 1.62. The van der Waals surface area contributed by atoms with E-state index in [0.717, 1.165) is 6.42 Å². The Bertz CT molecular complexity index is 405. The van der Waals surface area contributed by atoms with Crippen LogP contribution in [0.2, 0.25) is 0 Å². The summed E-state index contributed by atoms with van der Waals surface area (Å²) in [6.45, 7) is 7.17. The van der Waals surface area contributed by atoms with E-state index in [1.807, 2.05) is 6.92 Å². The zero-order valence-electron chi connectivity index (χ0n) is 11.1. The van der Waals surface area contributed by atoms with Crippen LogP contribution in [0.3, 0.4) is 0 Å². The number of nitro benzene ring substituents is 1. The minimum atomic E-state index is -0.400. The topological polar surface area (TPSA) is 64.4 Å². The molecule has 5 heteroatoms. The molecule has 1 rings (SSSR count). The molecule has 1 aromatic carbocycles. The van der Waals surface area contributed by atoms with Crippen LogP contribution in [0.1, 0.15) is 27.2 Å². The number of benzene rings is 1. The molecule has 0 heterocycles. The van der Waals surface area contributed by atoms with E-state index in [-0.39, 0.29) is 5.69 Å². The summed E-state index contributed by atoms with van der Waals surface area (Å²) in [5, 5.41) is 14.2. The summed E-state index contributed by atoms with van der Waals surface area (Å²) in [6.07, 6.45) is 0.968. The number of nitrogens with zero attached hydrogens (tertiary/aromatic N) is 1. The van der Waals surface area contributed by atoms with Crippen LogP contribution in [-0.2, 0) is 0 Å². The molecule has 0 aliphatic rings. The van der Waals surface area contributed by atoms with Gasteiger partial charge in [0, 0.05) is 6.54 Å². The number of anilines is 1. The summed E-state index contributed by atoms with van der Waals surface area (Å²) in [7, 11) is 0. The van der Waals surface area contributed by atoms with Gasteiger partial charge in [0.15, 0.2) is 5.75 Å². The van der Waals surface area contributed by atoms with Gasteiger partial charge in [-0.05, 0) is 31.4 Å². The Kier molecular flexibility index (Phi) is 5.42. The fourth-order valence-corrected chi connectivity index (χ4v) is 1.62. The second-order valence-electron chi connectivity index (χ2n) is 4.45. The van der Waals surface area contributed by atoms with Crippen LogP contribution in [0.15, 0.2) is 18.2 Å². The molecule has 0 bridgehead atoms. The fraction of sp³-hybridized carbons (Fsp3) is 0.538. The van der Waals surface area contributed by atoms with Crippen LogP contribution in [0, 0.1) is 16.0 Å². The van der Waals surface area contributed by atoms with E-state index < -0.39 is 4.92 Å². The van der Waals surface area contributed by atoms with Crippen LogP contribution in [0.5, 0.6) is 5.75 Å². The standard InChI is InChI=1S/C13H20N2O3/c1-4-18-12-7-5-6-11(13(12)15(16)17)14-9-8-10(2)3/h5-7,10,14H,4,8-9H2,1-3H3. The molecule has 0 unspecified atom stereocenters. The number of nitrogens with one attached hydrogen (secondary N) is 1. The molecule has 0 fully saturated rings. The Labute approximate surface area is 107 Å². The second-order valence-corrected chi connectivity index (χ2v) is 4.45. The minimum Gasteiger partial charge on any atom is -0.487 e. The Hall–Kier alpha value is -1.78. The molecule has 18 heavy (non-hydrogen) atoms. The maximum absolute atomic E-state index is 11.1. The molecule has 0 saturated heterocycles. The van der Waals surface area contributed by atoms with Crippen molar-refractivity contribution in [3.05, 3.63) is 28.3 Å². The van der Waals surface area contributed by atoms with Crippen LogP contribution in [-0.4, -0.2) is 18.1 Å². The van der Waals surface area contributed by atoms with Gasteiger partial charge in [0.2, 0.25) is 0 Å². The lowest BCUT2D eigenvalue weighted by molar-refractivity contribution is -0.384. The maximum atomic E-state index is 11.1. The molecule has 0 atom stereocenters. The summed E-state index contributed by atoms with van der Waals surface area (Å²) < 4.78 is 5.28. The molecular weight excluding hydrogens is 232 g/mol. The molecule has 0 saturated carbocycles. The van der Waals surface area contributed by atoms with E-state index >= 15 is 0 Å². The van der Waals surface area contributed by atoms with Crippen molar-refractivity contribution in [1.29, 1.82) is 0 Å². The maximum Gasteiger partial charge on any atom is 0.333 e. The van der Waals surface area contributed by atoms with Gasteiger partial charge in [-0.25, -0.2) is 0 Å². The quantitative estimate of drug-likeness (QED) is 0.596. The third-order valence-electron chi connectivity index (χ3n) is 2.52. The van der Waals surface area contributed by atoms with Gasteiger partial charge in [-0.15, -0.1) is 0 Å². The predicted molar refractivity (Wildman–Crippen MR) is 72.2 cm³/mol. The Morgan fingerprint density at radius 2 is 2.17 bits per heavy atom. The van der Waals surface area contributed by atoms with Gasteiger partial charge in [0.05, 0.1) is 11.5 Å². The predicted octanol–water partition coefficient (Wildman–Crippen LogP) is 3.45. The number of rotatable bonds is 7. The normalized spacial score (nSPS) is 10.4. The Morgan fingerprint density at radius 1 is 1.44 bits per heavy atom. The third-order valence-corrected chi connectivity index (χ3v) is 2.52. The smallest absolute Gasteiger partial charge is 0.333 e. The number of nitro groups is 1. The van der Waals surface area contributed by atoms with Gasteiger partial charge in [0.25, 0.3) is 0 Å². The van der Waals surface area contributed by atoms with Crippen molar-refractivity contribution in [2.75, 3.05) is 18.5 Å². The summed E-state index contributed by atoms with van der Waals surface area (Å²) in [5.74, 6) is 0.878. The monoisotopic (exact) mass is 252 g/mol. The highest BCUT2D eigenvalue weighted by Gasteiger charge is 2.20. The highest BCUT2D eigenvalue weighted by molar-refractivity contribution is 5.68. The molecule has 1 aromatic rings. The van der Waals surface area contributed by atoms with E-state index in [1.165, 1.54) is 0 Å². The average molecular weight is 252 g/mol. The highest BCUT2D eigenvalue weighted by Crippen LogP contribution is 2.34. The zero-order valence-corrected chi connectivity index (χ0v) is 11.1. The zero-order chi connectivity index (χ0) is 13.5. The first-order valence-corrected chi connectivity index (χ1v) is 6.20. The number of hydrogen-bond donors (Lipinski definition) is 1. The molecule has 5 nitrogen and oxygen atoms in total. The van der Waals surface area contributed by atoms with Gasteiger partial charge in [0.1, 0.15) is 5.69 Å². The van der Waals surface area contributed by atoms with Crippen LogP contribution >= 0.6 is 0 Å². The first-order valence-electron chi connectivity index (χ1n) is 6.20. The summed E-state index contributed by atoms with van der Waals surface area (Å²) in [6, 6.07) is 5.09. The van der Waals surface area contributed by atoms with Crippen LogP contribution < -0.4 is 10.1 Å². The van der Waals surface area contributed by atoms with Crippen molar-refractivity contribution in [3.63, 3.8) is 0 Å². The van der Waals surface area contributed by atoms with Gasteiger partial charge in [-0.1, -0.05) is 19.9 Å².